The Morgan fingerprint density at radius 3 is 2.89 bits per heavy atom. The van der Waals surface area contributed by atoms with Crippen LogP contribution < -0.4 is 5.48 Å². The SMILES string of the molecule is O=C(CCCc1ccccc1)NOC1CCCCO1. The Kier molecular flexibility index (Phi) is 5.85. The Labute approximate surface area is 114 Å². The van der Waals surface area contributed by atoms with Gasteiger partial charge in [0.1, 0.15) is 0 Å². The second-order valence-electron chi connectivity index (χ2n) is 4.78. The molecule has 2 rings (SSSR count). The number of aryl methyl sites for hydroxylation is 1. The van der Waals surface area contributed by atoms with E-state index < -0.39 is 0 Å². The minimum absolute atomic E-state index is 0.0786. The van der Waals surface area contributed by atoms with Gasteiger partial charge in [-0.25, -0.2) is 10.3 Å². The molecule has 0 bridgehead atoms. The Morgan fingerprint density at radius 2 is 2.16 bits per heavy atom. The number of hydrogen-bond acceptors (Lipinski definition) is 3. The van der Waals surface area contributed by atoms with Crippen molar-refractivity contribution in [1.82, 2.24) is 5.48 Å². The minimum Gasteiger partial charge on any atom is -0.350 e. The molecule has 1 aromatic rings. The molecule has 1 N–H and O–H groups in total. The lowest BCUT2D eigenvalue weighted by Gasteiger charge is -2.22. The Hall–Kier alpha value is -1.39. The molecule has 1 amide bonds. The van der Waals surface area contributed by atoms with Crippen LogP contribution in [0.4, 0.5) is 0 Å². The van der Waals surface area contributed by atoms with E-state index in [1.54, 1.807) is 0 Å². The first kappa shape index (κ1) is 14.0. The minimum atomic E-state index is -0.271. The zero-order valence-electron chi connectivity index (χ0n) is 11.1. The third kappa shape index (κ3) is 5.41. The molecule has 4 heteroatoms. The topological polar surface area (TPSA) is 47.6 Å². The summed E-state index contributed by atoms with van der Waals surface area (Å²) < 4.78 is 5.37. The summed E-state index contributed by atoms with van der Waals surface area (Å²) in [6, 6.07) is 10.2. The van der Waals surface area contributed by atoms with Crippen LogP contribution in [0.5, 0.6) is 0 Å². The van der Waals surface area contributed by atoms with Crippen molar-refractivity contribution in [3.8, 4) is 0 Å². The van der Waals surface area contributed by atoms with E-state index in [9.17, 15) is 4.79 Å². The summed E-state index contributed by atoms with van der Waals surface area (Å²) in [5, 5.41) is 0. The first-order valence-electron chi connectivity index (χ1n) is 6.94. The summed E-state index contributed by atoms with van der Waals surface area (Å²) in [5.41, 5.74) is 3.73. The van der Waals surface area contributed by atoms with E-state index in [1.807, 2.05) is 18.2 Å². The van der Waals surface area contributed by atoms with Crippen molar-refractivity contribution in [2.45, 2.75) is 44.8 Å². The van der Waals surface area contributed by atoms with Gasteiger partial charge in [-0.1, -0.05) is 30.3 Å². The highest BCUT2D eigenvalue weighted by atomic mass is 16.8. The molecule has 0 aromatic heterocycles. The zero-order valence-corrected chi connectivity index (χ0v) is 11.1. The maximum atomic E-state index is 11.6. The van der Waals surface area contributed by atoms with Crippen molar-refractivity contribution < 1.29 is 14.4 Å². The highest BCUT2D eigenvalue weighted by molar-refractivity contribution is 5.74. The number of hydroxylamine groups is 1. The van der Waals surface area contributed by atoms with Gasteiger partial charge in [0.15, 0.2) is 6.29 Å². The van der Waals surface area contributed by atoms with Gasteiger partial charge in [-0.2, -0.15) is 0 Å². The van der Waals surface area contributed by atoms with E-state index in [1.165, 1.54) is 5.56 Å². The summed E-state index contributed by atoms with van der Waals surface area (Å²) in [5.74, 6) is -0.0786. The summed E-state index contributed by atoms with van der Waals surface area (Å²) in [4.78, 5) is 16.8. The Balaban J connectivity index is 1.57. The van der Waals surface area contributed by atoms with Gasteiger partial charge in [-0.05, 0) is 31.2 Å². The van der Waals surface area contributed by atoms with Crippen LogP contribution in [-0.4, -0.2) is 18.8 Å². The van der Waals surface area contributed by atoms with E-state index in [4.69, 9.17) is 9.57 Å². The average molecular weight is 263 g/mol. The van der Waals surface area contributed by atoms with Crippen molar-refractivity contribution in [2.24, 2.45) is 0 Å². The van der Waals surface area contributed by atoms with Gasteiger partial charge in [-0.15, -0.1) is 0 Å². The molecule has 104 valence electrons. The van der Waals surface area contributed by atoms with Crippen molar-refractivity contribution in [1.29, 1.82) is 0 Å². The third-order valence-electron chi connectivity index (χ3n) is 3.15. The van der Waals surface area contributed by atoms with Crippen molar-refractivity contribution >= 4 is 5.91 Å². The van der Waals surface area contributed by atoms with Crippen LogP contribution in [0.25, 0.3) is 0 Å². The monoisotopic (exact) mass is 263 g/mol. The molecule has 0 saturated carbocycles. The zero-order chi connectivity index (χ0) is 13.3. The van der Waals surface area contributed by atoms with E-state index in [0.29, 0.717) is 13.0 Å². The number of benzene rings is 1. The number of nitrogens with one attached hydrogen (secondary N) is 1. The standard InChI is InChI=1S/C15H21NO3/c17-14(16-19-15-11-4-5-12-18-15)10-6-9-13-7-2-1-3-8-13/h1-3,7-8,15H,4-6,9-12H2,(H,16,17). The normalized spacial score (nSPS) is 19.1. The quantitative estimate of drug-likeness (QED) is 0.802. The fourth-order valence-electron chi connectivity index (χ4n) is 2.08. The Morgan fingerprint density at radius 1 is 1.32 bits per heavy atom. The molecule has 1 fully saturated rings. The molecule has 0 aliphatic carbocycles. The summed E-state index contributed by atoms with van der Waals surface area (Å²) in [6.07, 6.45) is 4.95. The molecule has 0 spiro atoms. The predicted octanol–water partition coefficient (Wildman–Crippen LogP) is 2.58. The summed E-state index contributed by atoms with van der Waals surface area (Å²) in [6.45, 7) is 0.717. The maximum Gasteiger partial charge on any atom is 0.243 e. The van der Waals surface area contributed by atoms with Crippen LogP contribution >= 0.6 is 0 Å². The van der Waals surface area contributed by atoms with Gasteiger partial charge in [0, 0.05) is 19.4 Å². The summed E-state index contributed by atoms with van der Waals surface area (Å²) in [7, 11) is 0. The van der Waals surface area contributed by atoms with Crippen molar-refractivity contribution in [3.63, 3.8) is 0 Å². The van der Waals surface area contributed by atoms with Crippen LogP contribution in [0.1, 0.15) is 37.7 Å². The number of amides is 1. The lowest BCUT2D eigenvalue weighted by molar-refractivity contribution is -0.200. The molecule has 1 aliphatic heterocycles. The molecule has 4 nitrogen and oxygen atoms in total. The molecular formula is C15H21NO3. The van der Waals surface area contributed by atoms with E-state index in [0.717, 1.165) is 32.1 Å². The smallest absolute Gasteiger partial charge is 0.243 e. The molecule has 1 heterocycles. The van der Waals surface area contributed by atoms with Crippen LogP contribution in [0.15, 0.2) is 30.3 Å². The molecule has 1 atom stereocenters. The van der Waals surface area contributed by atoms with Gasteiger partial charge in [0.2, 0.25) is 5.91 Å². The first-order valence-corrected chi connectivity index (χ1v) is 6.94. The van der Waals surface area contributed by atoms with Gasteiger partial charge < -0.3 is 4.74 Å². The van der Waals surface area contributed by atoms with Crippen LogP contribution in [-0.2, 0) is 20.8 Å². The number of ether oxygens (including phenoxy) is 1. The second kappa shape index (κ2) is 7.92. The highest BCUT2D eigenvalue weighted by Crippen LogP contribution is 2.12. The van der Waals surface area contributed by atoms with E-state index >= 15 is 0 Å². The number of carbonyl (C=O) groups is 1. The Bertz CT molecular complexity index is 374. The van der Waals surface area contributed by atoms with Crippen molar-refractivity contribution in [3.05, 3.63) is 35.9 Å². The van der Waals surface area contributed by atoms with Crippen LogP contribution in [0.2, 0.25) is 0 Å². The summed E-state index contributed by atoms with van der Waals surface area (Å²) >= 11 is 0. The fraction of sp³-hybridized carbons (Fsp3) is 0.533. The highest BCUT2D eigenvalue weighted by Gasteiger charge is 2.15. The number of hydrogen-bond donors (Lipinski definition) is 1. The van der Waals surface area contributed by atoms with Crippen molar-refractivity contribution in [2.75, 3.05) is 6.61 Å². The molecule has 1 aromatic carbocycles. The first-order chi connectivity index (χ1) is 9.34. The predicted molar refractivity (Wildman–Crippen MR) is 72.2 cm³/mol. The lowest BCUT2D eigenvalue weighted by Crippen LogP contribution is -2.33. The van der Waals surface area contributed by atoms with E-state index in [-0.39, 0.29) is 12.2 Å². The van der Waals surface area contributed by atoms with Gasteiger partial charge in [0.25, 0.3) is 0 Å². The second-order valence-corrected chi connectivity index (χ2v) is 4.78. The molecular weight excluding hydrogens is 242 g/mol. The van der Waals surface area contributed by atoms with Gasteiger partial charge >= 0.3 is 0 Å². The molecule has 1 unspecified atom stereocenters. The van der Waals surface area contributed by atoms with Gasteiger partial charge in [-0.3, -0.25) is 4.79 Å². The van der Waals surface area contributed by atoms with Crippen LogP contribution in [0.3, 0.4) is 0 Å². The maximum absolute atomic E-state index is 11.6. The fourth-order valence-corrected chi connectivity index (χ4v) is 2.08. The largest absolute Gasteiger partial charge is 0.350 e. The lowest BCUT2D eigenvalue weighted by atomic mass is 10.1. The number of rotatable bonds is 6. The molecule has 0 radical (unpaired) electrons. The molecule has 19 heavy (non-hydrogen) atoms. The van der Waals surface area contributed by atoms with E-state index in [2.05, 4.69) is 17.6 Å². The molecule has 1 aliphatic rings. The van der Waals surface area contributed by atoms with Crippen LogP contribution in [0, 0.1) is 0 Å². The van der Waals surface area contributed by atoms with Gasteiger partial charge in [0.05, 0.1) is 0 Å². The number of carbonyl (C=O) groups excluding carboxylic acids is 1. The average Bonchev–Trinajstić information content (AvgIpc) is 2.47. The molecule has 1 saturated heterocycles. The third-order valence-corrected chi connectivity index (χ3v) is 3.15.